The number of morpholine rings is 1. The predicted molar refractivity (Wildman–Crippen MR) is 98.1 cm³/mol. The number of ether oxygens (including phenoxy) is 1. The van der Waals surface area contributed by atoms with Gasteiger partial charge in [-0.05, 0) is 32.3 Å². The molecule has 2 amide bonds. The number of benzene rings is 1. The van der Waals surface area contributed by atoms with Crippen molar-refractivity contribution in [3.05, 3.63) is 35.9 Å². The fourth-order valence-electron chi connectivity index (χ4n) is 3.47. The molecule has 0 saturated carbocycles. The van der Waals surface area contributed by atoms with E-state index in [4.69, 9.17) is 4.74 Å². The van der Waals surface area contributed by atoms with E-state index in [2.05, 4.69) is 24.4 Å². The van der Waals surface area contributed by atoms with Crippen molar-refractivity contribution in [2.75, 3.05) is 13.2 Å². The first-order valence-corrected chi connectivity index (χ1v) is 9.23. The van der Waals surface area contributed by atoms with Crippen LogP contribution >= 0.6 is 0 Å². The van der Waals surface area contributed by atoms with Gasteiger partial charge >= 0.3 is 0 Å². The van der Waals surface area contributed by atoms with Crippen LogP contribution in [0.5, 0.6) is 0 Å². The van der Waals surface area contributed by atoms with Crippen molar-refractivity contribution >= 4 is 11.8 Å². The molecular weight excluding hydrogens is 316 g/mol. The third kappa shape index (κ3) is 5.56. The Kier molecular flexibility index (Phi) is 7.44. The highest BCUT2D eigenvalue weighted by atomic mass is 16.5. The molecule has 2 rings (SSSR count). The van der Waals surface area contributed by atoms with Gasteiger partial charge in [-0.2, -0.15) is 0 Å². The first-order chi connectivity index (χ1) is 12.0. The molecule has 5 heteroatoms. The summed E-state index contributed by atoms with van der Waals surface area (Å²) in [6.45, 7) is 6.89. The van der Waals surface area contributed by atoms with Crippen LogP contribution in [0, 0.1) is 0 Å². The van der Waals surface area contributed by atoms with Gasteiger partial charge in [0, 0.05) is 19.9 Å². The van der Waals surface area contributed by atoms with E-state index >= 15 is 0 Å². The Bertz CT molecular complexity index is 561. The summed E-state index contributed by atoms with van der Waals surface area (Å²) in [5.41, 5.74) is 1.12. The molecular formula is C20H30N2O3. The third-order valence-electron chi connectivity index (χ3n) is 4.73. The van der Waals surface area contributed by atoms with E-state index in [0.717, 1.165) is 24.8 Å². The molecule has 0 aliphatic carbocycles. The summed E-state index contributed by atoms with van der Waals surface area (Å²) >= 11 is 0. The fraction of sp³-hybridized carbons (Fsp3) is 0.600. The van der Waals surface area contributed by atoms with Gasteiger partial charge in [-0.25, -0.2) is 0 Å². The van der Waals surface area contributed by atoms with E-state index in [1.165, 1.54) is 6.92 Å². The zero-order valence-electron chi connectivity index (χ0n) is 15.5. The first-order valence-electron chi connectivity index (χ1n) is 9.23. The lowest BCUT2D eigenvalue weighted by Gasteiger charge is -2.44. The number of nitrogens with zero attached hydrogens (tertiary/aromatic N) is 1. The minimum atomic E-state index is -0.0684. The molecule has 0 bridgehead atoms. The van der Waals surface area contributed by atoms with Crippen molar-refractivity contribution in [1.82, 2.24) is 10.2 Å². The monoisotopic (exact) mass is 346 g/mol. The van der Waals surface area contributed by atoms with Gasteiger partial charge in [-0.3, -0.25) is 9.59 Å². The standard InChI is InChI=1S/C20H30N2O3/c1-15-14-25-20(18-10-6-4-7-11-18)16(2)22(15)19(24)12-8-5-9-13-21-17(3)23/h4,6-7,10-11,15-16,20H,5,8-9,12-14H2,1-3H3,(H,21,23)/t15-,16-,20-/m1/s1. The average molecular weight is 346 g/mol. The molecule has 0 spiro atoms. The lowest BCUT2D eigenvalue weighted by Crippen LogP contribution is -2.53. The number of rotatable bonds is 7. The number of nitrogens with one attached hydrogen (secondary N) is 1. The molecule has 1 saturated heterocycles. The SMILES string of the molecule is CC(=O)NCCCCCC(=O)N1[C@H](C)CO[C@@H](c2ccccc2)[C@H]1C. The number of carbonyl (C=O) groups excluding carboxylic acids is 2. The summed E-state index contributed by atoms with van der Waals surface area (Å²) in [5.74, 6) is 0.197. The van der Waals surface area contributed by atoms with Gasteiger partial charge in [0.05, 0.1) is 18.7 Å². The Balaban J connectivity index is 1.85. The molecule has 1 fully saturated rings. The highest BCUT2D eigenvalue weighted by Gasteiger charge is 2.36. The molecule has 138 valence electrons. The number of carbonyl (C=O) groups is 2. The van der Waals surface area contributed by atoms with Crippen LogP contribution in [0.25, 0.3) is 0 Å². The van der Waals surface area contributed by atoms with Crippen LogP contribution in [-0.4, -0.2) is 41.9 Å². The predicted octanol–water partition coefficient (Wildman–Crippen LogP) is 3.06. The van der Waals surface area contributed by atoms with E-state index in [1.807, 2.05) is 30.0 Å². The zero-order valence-corrected chi connectivity index (χ0v) is 15.5. The Hall–Kier alpha value is -1.88. The summed E-state index contributed by atoms with van der Waals surface area (Å²) in [7, 11) is 0. The van der Waals surface area contributed by atoms with E-state index < -0.39 is 0 Å². The normalized spacial score (nSPS) is 23.3. The number of hydrogen-bond acceptors (Lipinski definition) is 3. The van der Waals surface area contributed by atoms with Gasteiger partial charge in [-0.1, -0.05) is 36.8 Å². The number of unbranched alkanes of at least 4 members (excludes halogenated alkanes) is 2. The lowest BCUT2D eigenvalue weighted by atomic mass is 9.98. The highest BCUT2D eigenvalue weighted by molar-refractivity contribution is 5.77. The molecule has 1 N–H and O–H groups in total. The molecule has 5 nitrogen and oxygen atoms in total. The molecule has 1 aliphatic rings. The Morgan fingerprint density at radius 1 is 1.16 bits per heavy atom. The number of amides is 2. The first kappa shape index (κ1) is 19.4. The van der Waals surface area contributed by atoms with Crippen molar-refractivity contribution in [2.24, 2.45) is 0 Å². The van der Waals surface area contributed by atoms with Gasteiger partial charge < -0.3 is 15.0 Å². The van der Waals surface area contributed by atoms with Gasteiger partial charge in [0.25, 0.3) is 0 Å². The maximum absolute atomic E-state index is 12.7. The average Bonchev–Trinajstić information content (AvgIpc) is 2.58. The molecule has 1 aliphatic heterocycles. The Morgan fingerprint density at radius 3 is 2.56 bits per heavy atom. The minimum Gasteiger partial charge on any atom is -0.369 e. The third-order valence-corrected chi connectivity index (χ3v) is 4.73. The summed E-state index contributed by atoms with van der Waals surface area (Å²) in [6.07, 6.45) is 3.19. The van der Waals surface area contributed by atoms with Crippen LogP contribution < -0.4 is 5.32 Å². The van der Waals surface area contributed by atoms with Crippen molar-refractivity contribution in [1.29, 1.82) is 0 Å². The molecule has 0 unspecified atom stereocenters. The van der Waals surface area contributed by atoms with Crippen LogP contribution in [0.2, 0.25) is 0 Å². The van der Waals surface area contributed by atoms with Crippen LogP contribution in [0.1, 0.15) is 58.1 Å². The van der Waals surface area contributed by atoms with E-state index in [1.54, 1.807) is 0 Å². The van der Waals surface area contributed by atoms with E-state index in [0.29, 0.717) is 19.6 Å². The molecule has 0 aromatic heterocycles. The topological polar surface area (TPSA) is 58.6 Å². The largest absolute Gasteiger partial charge is 0.369 e. The van der Waals surface area contributed by atoms with Crippen LogP contribution in [0.15, 0.2) is 30.3 Å². The molecule has 1 aromatic carbocycles. The van der Waals surface area contributed by atoms with E-state index in [9.17, 15) is 9.59 Å². The summed E-state index contributed by atoms with van der Waals surface area (Å²) in [4.78, 5) is 25.6. The summed E-state index contributed by atoms with van der Waals surface area (Å²) in [6, 6.07) is 10.2. The van der Waals surface area contributed by atoms with E-state index in [-0.39, 0.29) is 30.0 Å². The Morgan fingerprint density at radius 2 is 1.88 bits per heavy atom. The second-order valence-corrected chi connectivity index (χ2v) is 6.85. The quantitative estimate of drug-likeness (QED) is 0.772. The highest BCUT2D eigenvalue weighted by Crippen LogP contribution is 2.31. The molecule has 1 heterocycles. The maximum atomic E-state index is 12.7. The van der Waals surface area contributed by atoms with Crippen molar-refractivity contribution in [3.8, 4) is 0 Å². The molecule has 3 atom stereocenters. The lowest BCUT2D eigenvalue weighted by molar-refractivity contribution is -0.153. The smallest absolute Gasteiger partial charge is 0.223 e. The second-order valence-electron chi connectivity index (χ2n) is 6.85. The van der Waals surface area contributed by atoms with Crippen LogP contribution in [0.4, 0.5) is 0 Å². The van der Waals surface area contributed by atoms with Crippen molar-refractivity contribution < 1.29 is 14.3 Å². The van der Waals surface area contributed by atoms with Crippen molar-refractivity contribution in [3.63, 3.8) is 0 Å². The number of hydrogen-bond donors (Lipinski definition) is 1. The summed E-state index contributed by atoms with van der Waals surface area (Å²) in [5, 5.41) is 2.78. The van der Waals surface area contributed by atoms with Gasteiger partial charge in [0.1, 0.15) is 6.10 Å². The molecule has 1 aromatic rings. The van der Waals surface area contributed by atoms with Gasteiger partial charge in [0.15, 0.2) is 0 Å². The van der Waals surface area contributed by atoms with Crippen molar-refractivity contribution in [2.45, 2.75) is 64.6 Å². The molecule has 0 radical (unpaired) electrons. The van der Waals surface area contributed by atoms with Gasteiger partial charge in [-0.15, -0.1) is 0 Å². The Labute approximate surface area is 150 Å². The minimum absolute atomic E-state index is 0.000929. The summed E-state index contributed by atoms with van der Waals surface area (Å²) < 4.78 is 6.01. The molecule has 25 heavy (non-hydrogen) atoms. The fourth-order valence-corrected chi connectivity index (χ4v) is 3.47. The maximum Gasteiger partial charge on any atom is 0.223 e. The van der Waals surface area contributed by atoms with Gasteiger partial charge in [0.2, 0.25) is 11.8 Å². The van der Waals surface area contributed by atoms with Crippen LogP contribution in [-0.2, 0) is 14.3 Å². The zero-order chi connectivity index (χ0) is 18.2. The van der Waals surface area contributed by atoms with Crippen LogP contribution in [0.3, 0.4) is 0 Å². The second kappa shape index (κ2) is 9.56.